The first-order valence-corrected chi connectivity index (χ1v) is 6.50. The van der Waals surface area contributed by atoms with Gasteiger partial charge in [-0.2, -0.15) is 0 Å². The fourth-order valence-corrected chi connectivity index (χ4v) is 2.47. The van der Waals surface area contributed by atoms with Gasteiger partial charge in [0, 0.05) is 0 Å². The fraction of sp³-hybridized carbons (Fsp3) is 0.0769. The Balaban J connectivity index is 2.18. The van der Waals surface area contributed by atoms with Gasteiger partial charge in [-0.05, 0) is 23.8 Å². The lowest BCUT2D eigenvalue weighted by molar-refractivity contribution is -0.115. The Labute approximate surface area is 115 Å². The highest BCUT2D eigenvalue weighted by atomic mass is 32.2. The van der Waals surface area contributed by atoms with Crippen LogP contribution in [0.25, 0.3) is 6.08 Å². The van der Waals surface area contributed by atoms with Crippen molar-refractivity contribution in [1.29, 1.82) is 0 Å². The number of carbonyl (C=O) groups excluding carboxylic acids is 1. The van der Waals surface area contributed by atoms with Crippen molar-refractivity contribution in [3.8, 4) is 5.75 Å². The van der Waals surface area contributed by atoms with Gasteiger partial charge >= 0.3 is 0 Å². The van der Waals surface area contributed by atoms with Crippen molar-refractivity contribution in [2.24, 2.45) is 0 Å². The number of thioether (sulfide) groups is 1. The molecule has 1 N–H and O–H groups in total. The molecule has 0 spiro atoms. The van der Waals surface area contributed by atoms with E-state index in [0.717, 1.165) is 11.3 Å². The van der Waals surface area contributed by atoms with Crippen LogP contribution in [0.4, 0.5) is 0 Å². The highest BCUT2D eigenvalue weighted by Crippen LogP contribution is 2.26. The lowest BCUT2D eigenvalue weighted by Crippen LogP contribution is -2.17. The average molecular weight is 277 g/mol. The van der Waals surface area contributed by atoms with E-state index < -0.39 is 0 Å². The molecule has 1 aromatic rings. The van der Waals surface area contributed by atoms with Gasteiger partial charge in [0.05, 0.1) is 4.91 Å². The zero-order valence-corrected chi connectivity index (χ0v) is 11.1. The third-order valence-corrected chi connectivity index (χ3v) is 3.33. The molecule has 5 heteroatoms. The van der Waals surface area contributed by atoms with E-state index in [4.69, 9.17) is 17.0 Å². The molecule has 2 rings (SSSR count). The van der Waals surface area contributed by atoms with E-state index in [0.29, 0.717) is 15.8 Å². The monoisotopic (exact) mass is 277 g/mol. The maximum atomic E-state index is 11.5. The second-order valence-electron chi connectivity index (χ2n) is 3.52. The van der Waals surface area contributed by atoms with Gasteiger partial charge in [0.1, 0.15) is 16.7 Å². The lowest BCUT2D eigenvalue weighted by atomic mass is 10.2. The molecule has 1 aromatic carbocycles. The topological polar surface area (TPSA) is 38.3 Å². The zero-order valence-electron chi connectivity index (χ0n) is 9.51. The molecule has 0 bridgehead atoms. The molecule has 0 aromatic heterocycles. The van der Waals surface area contributed by atoms with Crippen LogP contribution in [0.3, 0.4) is 0 Å². The number of thiocarbonyl (C=S) groups is 1. The fourth-order valence-electron chi connectivity index (χ4n) is 1.42. The second kappa shape index (κ2) is 5.84. The maximum absolute atomic E-state index is 11.5. The Morgan fingerprint density at radius 2 is 2.33 bits per heavy atom. The van der Waals surface area contributed by atoms with E-state index >= 15 is 0 Å². The van der Waals surface area contributed by atoms with Gasteiger partial charge in [0.15, 0.2) is 0 Å². The molecule has 18 heavy (non-hydrogen) atoms. The molecule has 0 atom stereocenters. The zero-order chi connectivity index (χ0) is 13.0. The quantitative estimate of drug-likeness (QED) is 0.522. The van der Waals surface area contributed by atoms with Gasteiger partial charge in [-0.3, -0.25) is 4.79 Å². The van der Waals surface area contributed by atoms with Crippen molar-refractivity contribution >= 4 is 40.3 Å². The molecule has 0 saturated carbocycles. The molecular weight excluding hydrogens is 266 g/mol. The predicted octanol–water partition coefficient (Wildman–Crippen LogP) is 2.74. The minimum Gasteiger partial charge on any atom is -0.490 e. The van der Waals surface area contributed by atoms with Crippen LogP contribution in [0.5, 0.6) is 5.75 Å². The number of hydrogen-bond donors (Lipinski definition) is 1. The molecule has 1 aliphatic rings. The van der Waals surface area contributed by atoms with E-state index in [9.17, 15) is 4.79 Å². The van der Waals surface area contributed by atoms with E-state index in [1.54, 1.807) is 12.2 Å². The number of amides is 1. The molecule has 3 nitrogen and oxygen atoms in total. The van der Waals surface area contributed by atoms with Crippen LogP contribution < -0.4 is 10.1 Å². The van der Waals surface area contributed by atoms with E-state index in [1.165, 1.54) is 11.8 Å². The molecule has 1 amide bonds. The Hall–Kier alpha value is -1.59. The Morgan fingerprint density at radius 1 is 1.50 bits per heavy atom. The van der Waals surface area contributed by atoms with Crippen molar-refractivity contribution in [1.82, 2.24) is 5.32 Å². The lowest BCUT2D eigenvalue weighted by Gasteiger charge is -2.03. The molecule has 0 aliphatic carbocycles. The maximum Gasteiger partial charge on any atom is 0.263 e. The van der Waals surface area contributed by atoms with Crippen molar-refractivity contribution < 1.29 is 9.53 Å². The van der Waals surface area contributed by atoms with Crippen LogP contribution in [-0.4, -0.2) is 16.8 Å². The summed E-state index contributed by atoms with van der Waals surface area (Å²) in [4.78, 5) is 12.1. The third-order valence-electron chi connectivity index (χ3n) is 2.17. The highest BCUT2D eigenvalue weighted by Gasteiger charge is 2.21. The Kier molecular flexibility index (Phi) is 4.17. The molecule has 0 radical (unpaired) electrons. The number of ether oxygens (including phenoxy) is 1. The summed E-state index contributed by atoms with van der Waals surface area (Å²) in [6, 6.07) is 7.51. The summed E-state index contributed by atoms with van der Waals surface area (Å²) in [5.74, 6) is 0.595. The molecule has 1 saturated heterocycles. The van der Waals surface area contributed by atoms with Gasteiger partial charge in [-0.1, -0.05) is 48.8 Å². The summed E-state index contributed by atoms with van der Waals surface area (Å²) < 4.78 is 5.92. The molecule has 1 fully saturated rings. The molecule has 92 valence electrons. The summed E-state index contributed by atoms with van der Waals surface area (Å²) >= 11 is 6.19. The van der Waals surface area contributed by atoms with Crippen LogP contribution in [0, 0.1) is 0 Å². The first kappa shape index (κ1) is 12.9. The van der Waals surface area contributed by atoms with Crippen LogP contribution in [0.1, 0.15) is 5.56 Å². The normalized spacial score (nSPS) is 16.8. The van der Waals surface area contributed by atoms with Crippen molar-refractivity contribution in [3.05, 3.63) is 47.4 Å². The summed E-state index contributed by atoms with van der Waals surface area (Å²) in [7, 11) is 0. The standard InChI is InChI=1S/C13H11NO2S2/c1-2-6-16-10-5-3-4-9(7-10)8-11-12(15)14-13(17)18-11/h2-5,7-8H,1,6H2,(H,14,15,17). The van der Waals surface area contributed by atoms with Crippen LogP contribution >= 0.6 is 24.0 Å². The van der Waals surface area contributed by atoms with E-state index in [2.05, 4.69) is 11.9 Å². The largest absolute Gasteiger partial charge is 0.490 e. The van der Waals surface area contributed by atoms with E-state index in [1.807, 2.05) is 24.3 Å². The molecule has 1 heterocycles. The number of hydrogen-bond acceptors (Lipinski definition) is 4. The Morgan fingerprint density at radius 3 is 3.00 bits per heavy atom. The number of carbonyl (C=O) groups is 1. The number of rotatable bonds is 4. The van der Waals surface area contributed by atoms with Gasteiger partial charge in [0.2, 0.25) is 0 Å². The van der Waals surface area contributed by atoms with E-state index in [-0.39, 0.29) is 5.91 Å². The van der Waals surface area contributed by atoms with Gasteiger partial charge in [0.25, 0.3) is 5.91 Å². The first-order valence-electron chi connectivity index (χ1n) is 5.27. The van der Waals surface area contributed by atoms with Crippen LogP contribution in [0.2, 0.25) is 0 Å². The SMILES string of the molecule is C=CCOc1cccc(C=C2SC(=S)NC2=O)c1. The summed E-state index contributed by atoms with van der Waals surface area (Å²) in [5, 5.41) is 2.58. The van der Waals surface area contributed by atoms with Gasteiger partial charge < -0.3 is 10.1 Å². The number of benzene rings is 1. The van der Waals surface area contributed by atoms with Gasteiger partial charge in [-0.25, -0.2) is 0 Å². The van der Waals surface area contributed by atoms with Crippen molar-refractivity contribution in [2.45, 2.75) is 0 Å². The first-order chi connectivity index (χ1) is 8.69. The van der Waals surface area contributed by atoms with Crippen LogP contribution in [-0.2, 0) is 4.79 Å². The summed E-state index contributed by atoms with van der Waals surface area (Å²) in [6.45, 7) is 4.05. The van der Waals surface area contributed by atoms with Crippen LogP contribution in [0.15, 0.2) is 41.8 Å². The second-order valence-corrected chi connectivity index (χ2v) is 5.24. The number of nitrogens with one attached hydrogen (secondary N) is 1. The smallest absolute Gasteiger partial charge is 0.263 e. The Bertz CT molecular complexity index is 538. The molecule has 0 unspecified atom stereocenters. The van der Waals surface area contributed by atoms with Crippen molar-refractivity contribution in [3.63, 3.8) is 0 Å². The summed E-state index contributed by atoms with van der Waals surface area (Å²) in [5.41, 5.74) is 0.902. The van der Waals surface area contributed by atoms with Gasteiger partial charge in [-0.15, -0.1) is 0 Å². The predicted molar refractivity (Wildman–Crippen MR) is 78.4 cm³/mol. The minimum atomic E-state index is -0.151. The third kappa shape index (κ3) is 3.21. The van der Waals surface area contributed by atoms with Crippen molar-refractivity contribution in [2.75, 3.05) is 6.61 Å². The minimum absolute atomic E-state index is 0.151. The molecular formula is C13H11NO2S2. The summed E-state index contributed by atoms with van der Waals surface area (Å²) in [6.07, 6.45) is 3.48. The average Bonchev–Trinajstić information content (AvgIpc) is 2.66. The molecule has 1 aliphatic heterocycles. The highest BCUT2D eigenvalue weighted by molar-refractivity contribution is 8.26.